The summed E-state index contributed by atoms with van der Waals surface area (Å²) < 4.78 is 0. The van der Waals surface area contributed by atoms with E-state index in [0.717, 1.165) is 0 Å². The number of carbonyl (C=O) groups excluding carboxylic acids is 3. The van der Waals surface area contributed by atoms with Crippen LogP contribution in [0.2, 0.25) is 0 Å². The van der Waals surface area contributed by atoms with Gasteiger partial charge in [0.15, 0.2) is 5.96 Å². The van der Waals surface area contributed by atoms with E-state index in [0.29, 0.717) is 18.7 Å². The molecule has 11 N–H and O–H groups in total. The number of thiol groups is 1. The number of hydrogen-bond acceptors (Lipinski definition) is 9. The quantitative estimate of drug-likeness (QED) is 0.0445. The maximum Gasteiger partial charge on any atom is 0.326 e. The minimum absolute atomic E-state index is 0.0729. The van der Waals surface area contributed by atoms with E-state index in [4.69, 9.17) is 17.2 Å². The van der Waals surface area contributed by atoms with Crippen molar-refractivity contribution in [3.8, 4) is 0 Å². The van der Waals surface area contributed by atoms with Crippen LogP contribution in [-0.2, 0) is 19.2 Å². The first-order chi connectivity index (χ1) is 15.1. The highest BCUT2D eigenvalue weighted by Crippen LogP contribution is 2.02. The number of rotatable bonds is 16. The van der Waals surface area contributed by atoms with Gasteiger partial charge >= 0.3 is 5.97 Å². The third-order valence-corrected chi connectivity index (χ3v) is 5.17. The number of nitrogens with one attached hydrogen (secondary N) is 3. The van der Waals surface area contributed by atoms with Gasteiger partial charge in [0, 0.05) is 12.3 Å². The van der Waals surface area contributed by atoms with E-state index >= 15 is 0 Å². The number of nitrogens with zero attached hydrogens (tertiary/aromatic N) is 1. The van der Waals surface area contributed by atoms with Gasteiger partial charge in [0.25, 0.3) is 0 Å². The molecular formula is C17H33N7O6S2. The molecule has 4 unspecified atom stereocenters. The fourth-order valence-electron chi connectivity index (χ4n) is 2.36. The zero-order valence-electron chi connectivity index (χ0n) is 17.8. The summed E-state index contributed by atoms with van der Waals surface area (Å²) in [6.45, 7) is -0.481. The highest BCUT2D eigenvalue weighted by atomic mass is 32.2. The lowest BCUT2D eigenvalue weighted by atomic mass is 10.1. The molecule has 0 heterocycles. The van der Waals surface area contributed by atoms with E-state index in [1.807, 2.05) is 0 Å². The van der Waals surface area contributed by atoms with Gasteiger partial charge in [0.05, 0.1) is 12.6 Å². The van der Waals surface area contributed by atoms with Crippen molar-refractivity contribution in [1.82, 2.24) is 16.0 Å². The summed E-state index contributed by atoms with van der Waals surface area (Å²) >= 11 is 5.44. The molecule has 32 heavy (non-hydrogen) atoms. The van der Waals surface area contributed by atoms with Gasteiger partial charge in [-0.1, -0.05) is 0 Å². The van der Waals surface area contributed by atoms with Crippen LogP contribution in [0, 0.1) is 0 Å². The number of aliphatic carboxylic acids is 1. The molecule has 15 heteroatoms. The Balaban J connectivity index is 4.85. The highest BCUT2D eigenvalue weighted by molar-refractivity contribution is 7.98. The van der Waals surface area contributed by atoms with Crippen molar-refractivity contribution >= 4 is 54.0 Å². The lowest BCUT2D eigenvalue weighted by molar-refractivity contribution is -0.142. The van der Waals surface area contributed by atoms with Crippen LogP contribution in [0.5, 0.6) is 0 Å². The molecule has 0 radical (unpaired) electrons. The van der Waals surface area contributed by atoms with Gasteiger partial charge in [0.1, 0.15) is 18.1 Å². The Morgan fingerprint density at radius 1 is 1.00 bits per heavy atom. The Bertz CT molecular complexity index is 663. The summed E-state index contributed by atoms with van der Waals surface area (Å²) in [7, 11) is 0. The molecule has 0 saturated heterocycles. The Morgan fingerprint density at radius 2 is 1.56 bits per heavy atom. The number of carboxylic acid groups (broad SMARTS) is 1. The molecule has 13 nitrogen and oxygen atoms in total. The van der Waals surface area contributed by atoms with Crippen LogP contribution in [0.15, 0.2) is 4.99 Å². The van der Waals surface area contributed by atoms with Gasteiger partial charge in [-0.3, -0.25) is 19.4 Å². The van der Waals surface area contributed by atoms with Crippen molar-refractivity contribution in [2.24, 2.45) is 22.2 Å². The number of aliphatic hydroxyl groups is 1. The summed E-state index contributed by atoms with van der Waals surface area (Å²) in [4.78, 5) is 52.1. The molecule has 0 aromatic carbocycles. The first kappa shape index (κ1) is 29.8. The lowest BCUT2D eigenvalue weighted by Gasteiger charge is -2.23. The van der Waals surface area contributed by atoms with Crippen LogP contribution in [-0.4, -0.2) is 94.9 Å². The molecule has 4 atom stereocenters. The van der Waals surface area contributed by atoms with Crippen LogP contribution < -0.4 is 33.2 Å². The van der Waals surface area contributed by atoms with Crippen LogP contribution in [0.1, 0.15) is 19.3 Å². The molecule has 0 aromatic rings. The minimum Gasteiger partial charge on any atom is -0.480 e. The van der Waals surface area contributed by atoms with E-state index in [2.05, 4.69) is 33.6 Å². The molecule has 0 saturated carbocycles. The Hall–Kier alpha value is -2.23. The summed E-state index contributed by atoms with van der Waals surface area (Å²) in [5.41, 5.74) is 16.2. The fourth-order valence-corrected chi connectivity index (χ4v) is 3.08. The standard InChI is InChI=1S/C17H33N7O6S2/c1-32-6-4-10(16(29)30)22-14(27)11(7-25)23-15(28)12(8-31)24-13(26)9(18)3-2-5-21-17(19)20/h9-12,25,31H,2-8,18H2,1H3,(H,22,27)(H,23,28)(H,24,26)(H,29,30)(H4,19,20,21). The van der Waals surface area contributed by atoms with E-state index < -0.39 is 54.5 Å². The van der Waals surface area contributed by atoms with Crippen molar-refractivity contribution in [3.05, 3.63) is 0 Å². The summed E-state index contributed by atoms with van der Waals surface area (Å²) in [5.74, 6) is -3.18. The van der Waals surface area contributed by atoms with Crippen molar-refractivity contribution in [1.29, 1.82) is 0 Å². The SMILES string of the molecule is CSCCC(NC(=O)C(CO)NC(=O)C(CS)NC(=O)C(N)CCCN=C(N)N)C(=O)O. The van der Waals surface area contributed by atoms with Gasteiger partial charge in [-0.25, -0.2) is 4.79 Å². The maximum atomic E-state index is 12.5. The number of guanidine groups is 1. The van der Waals surface area contributed by atoms with E-state index in [9.17, 15) is 29.4 Å². The van der Waals surface area contributed by atoms with Gasteiger partial charge in [-0.2, -0.15) is 24.4 Å². The zero-order valence-corrected chi connectivity index (χ0v) is 19.5. The fraction of sp³-hybridized carbons (Fsp3) is 0.706. The lowest BCUT2D eigenvalue weighted by Crippen LogP contribution is -2.58. The zero-order chi connectivity index (χ0) is 24.7. The van der Waals surface area contributed by atoms with Crippen molar-refractivity contribution in [2.75, 3.05) is 30.9 Å². The number of amides is 3. The second kappa shape index (κ2) is 16.4. The Morgan fingerprint density at radius 3 is 2.06 bits per heavy atom. The first-order valence-electron chi connectivity index (χ1n) is 9.72. The third-order valence-electron chi connectivity index (χ3n) is 4.16. The molecule has 0 aliphatic rings. The van der Waals surface area contributed by atoms with Gasteiger partial charge in [0.2, 0.25) is 17.7 Å². The van der Waals surface area contributed by atoms with Crippen LogP contribution in [0.25, 0.3) is 0 Å². The normalized spacial score (nSPS) is 14.4. The molecule has 0 aliphatic carbocycles. The van der Waals surface area contributed by atoms with Gasteiger partial charge < -0.3 is 43.4 Å². The number of hydrogen-bond donors (Lipinski definition) is 9. The summed E-state index contributed by atoms with van der Waals surface area (Å²) in [6, 6.07) is -4.64. The van der Waals surface area contributed by atoms with Crippen LogP contribution in [0.4, 0.5) is 0 Å². The highest BCUT2D eigenvalue weighted by Gasteiger charge is 2.29. The number of aliphatic imine (C=N–C) groups is 1. The molecule has 3 amide bonds. The average Bonchev–Trinajstić information content (AvgIpc) is 2.74. The molecule has 0 spiro atoms. The third kappa shape index (κ3) is 12.0. The number of carbonyl (C=O) groups is 4. The summed E-state index contributed by atoms with van der Waals surface area (Å²) in [6.07, 6.45) is 2.67. The Kier molecular flexibility index (Phi) is 15.3. The number of aliphatic hydroxyl groups excluding tert-OH is 1. The number of thioether (sulfide) groups is 1. The van der Waals surface area contributed by atoms with Crippen LogP contribution >= 0.6 is 24.4 Å². The minimum atomic E-state index is -1.41. The second-order valence-electron chi connectivity index (χ2n) is 6.72. The molecule has 0 bridgehead atoms. The molecular weight excluding hydrogens is 462 g/mol. The monoisotopic (exact) mass is 495 g/mol. The molecule has 0 aliphatic heterocycles. The predicted octanol–water partition coefficient (Wildman–Crippen LogP) is -3.42. The number of carboxylic acids is 1. The van der Waals surface area contributed by atoms with E-state index in [1.165, 1.54) is 11.8 Å². The maximum absolute atomic E-state index is 12.5. The van der Waals surface area contributed by atoms with Crippen molar-refractivity contribution in [3.63, 3.8) is 0 Å². The second-order valence-corrected chi connectivity index (χ2v) is 8.07. The largest absolute Gasteiger partial charge is 0.480 e. The summed E-state index contributed by atoms with van der Waals surface area (Å²) in [5, 5.41) is 25.7. The Labute approximate surface area is 196 Å². The van der Waals surface area contributed by atoms with E-state index in [1.54, 1.807) is 6.26 Å². The van der Waals surface area contributed by atoms with Gasteiger partial charge in [-0.05, 0) is 31.3 Å². The molecule has 0 rings (SSSR count). The average molecular weight is 496 g/mol. The number of nitrogens with two attached hydrogens (primary N) is 3. The van der Waals surface area contributed by atoms with Gasteiger partial charge in [-0.15, -0.1) is 0 Å². The molecule has 184 valence electrons. The van der Waals surface area contributed by atoms with Crippen LogP contribution in [0.3, 0.4) is 0 Å². The molecule has 0 aromatic heterocycles. The van der Waals surface area contributed by atoms with E-state index in [-0.39, 0.29) is 24.6 Å². The first-order valence-corrected chi connectivity index (χ1v) is 11.8. The van der Waals surface area contributed by atoms with Crippen molar-refractivity contribution in [2.45, 2.75) is 43.4 Å². The molecule has 0 fully saturated rings. The smallest absolute Gasteiger partial charge is 0.326 e. The predicted molar refractivity (Wildman–Crippen MR) is 125 cm³/mol. The van der Waals surface area contributed by atoms with Crippen molar-refractivity contribution < 1.29 is 29.4 Å². The topological polar surface area (TPSA) is 235 Å².